The molecule has 2 aliphatic heterocycles. The first-order valence-electron chi connectivity index (χ1n) is 5.50. The van der Waals surface area contributed by atoms with Gasteiger partial charge in [0.25, 0.3) is 0 Å². The number of rotatable bonds is 1. The fourth-order valence-corrected chi connectivity index (χ4v) is 6.53. The maximum absolute atomic E-state index is 11.7. The van der Waals surface area contributed by atoms with E-state index in [0.29, 0.717) is 5.17 Å². The minimum Gasteiger partial charge on any atom is -1.00 e. The summed E-state index contributed by atoms with van der Waals surface area (Å²) in [7, 11) is -2.92. The molecular formula is C11H12Br2N2O2S2. The Labute approximate surface area is 135 Å². The smallest absolute Gasteiger partial charge is 0.310 e. The van der Waals surface area contributed by atoms with Gasteiger partial charge in [0.2, 0.25) is 0 Å². The Hall–Kier alpha value is -0.0500. The average Bonchev–Trinajstić information content (AvgIpc) is 2.70. The Morgan fingerprint density at radius 3 is 2.53 bits per heavy atom. The summed E-state index contributed by atoms with van der Waals surface area (Å²) in [5.74, 6) is 0.428. The average molecular weight is 428 g/mol. The topological polar surface area (TPSA) is 63.2 Å². The van der Waals surface area contributed by atoms with E-state index in [9.17, 15) is 8.42 Å². The van der Waals surface area contributed by atoms with Gasteiger partial charge >= 0.3 is 5.17 Å². The zero-order valence-corrected chi connectivity index (χ0v) is 14.6. The molecule has 0 radical (unpaired) electrons. The number of fused-ring (bicyclic) bond motifs is 1. The Bertz CT molecular complexity index is 629. The van der Waals surface area contributed by atoms with Crippen molar-refractivity contribution in [2.24, 2.45) is 5.73 Å². The van der Waals surface area contributed by atoms with Crippen molar-refractivity contribution in [2.75, 3.05) is 11.5 Å². The van der Waals surface area contributed by atoms with Gasteiger partial charge in [-0.15, -0.1) is 0 Å². The van der Waals surface area contributed by atoms with Crippen molar-refractivity contribution in [2.45, 2.75) is 11.3 Å². The van der Waals surface area contributed by atoms with E-state index in [0.717, 1.165) is 10.2 Å². The van der Waals surface area contributed by atoms with Gasteiger partial charge in [-0.2, -0.15) is 0 Å². The second-order valence-corrected chi connectivity index (χ2v) is 8.81. The number of amidine groups is 1. The van der Waals surface area contributed by atoms with Crippen LogP contribution in [0.15, 0.2) is 28.7 Å². The highest BCUT2D eigenvalue weighted by Crippen LogP contribution is 2.36. The Morgan fingerprint density at radius 2 is 1.89 bits per heavy atom. The lowest BCUT2D eigenvalue weighted by molar-refractivity contribution is -0.470. The zero-order valence-electron chi connectivity index (χ0n) is 9.79. The highest BCUT2D eigenvalue weighted by molar-refractivity contribution is 9.10. The van der Waals surface area contributed by atoms with Crippen LogP contribution < -0.4 is 22.7 Å². The van der Waals surface area contributed by atoms with Crippen LogP contribution in [0.25, 0.3) is 0 Å². The van der Waals surface area contributed by atoms with Crippen LogP contribution in [-0.2, 0) is 9.84 Å². The van der Waals surface area contributed by atoms with Gasteiger partial charge in [0, 0.05) is 4.47 Å². The van der Waals surface area contributed by atoms with Crippen molar-refractivity contribution in [1.82, 2.24) is 0 Å². The molecule has 0 bridgehead atoms. The monoisotopic (exact) mass is 426 g/mol. The molecule has 0 aliphatic carbocycles. The summed E-state index contributed by atoms with van der Waals surface area (Å²) in [6.07, 6.45) is 0. The highest BCUT2D eigenvalue weighted by atomic mass is 79.9. The molecule has 1 aromatic carbocycles. The molecule has 1 fully saturated rings. The molecule has 2 heterocycles. The maximum Gasteiger partial charge on any atom is 0.310 e. The van der Waals surface area contributed by atoms with Gasteiger partial charge < -0.3 is 17.0 Å². The molecule has 1 saturated heterocycles. The van der Waals surface area contributed by atoms with Gasteiger partial charge in [0.15, 0.2) is 9.84 Å². The summed E-state index contributed by atoms with van der Waals surface area (Å²) in [4.78, 5) is 0. The summed E-state index contributed by atoms with van der Waals surface area (Å²) >= 11 is 4.86. The van der Waals surface area contributed by atoms with Crippen molar-refractivity contribution in [3.63, 3.8) is 0 Å². The number of hydrogen-bond acceptors (Lipinski definition) is 4. The molecule has 2 N–H and O–H groups in total. The van der Waals surface area contributed by atoms with Crippen LogP contribution in [0.2, 0.25) is 0 Å². The van der Waals surface area contributed by atoms with Gasteiger partial charge in [-0.1, -0.05) is 15.9 Å². The largest absolute Gasteiger partial charge is 1.00 e. The lowest BCUT2D eigenvalue weighted by Crippen LogP contribution is -3.00. The van der Waals surface area contributed by atoms with E-state index < -0.39 is 9.84 Å². The third kappa shape index (κ3) is 2.86. The quantitative estimate of drug-likeness (QED) is 0.544. The normalized spacial score (nSPS) is 28.1. The summed E-state index contributed by atoms with van der Waals surface area (Å²) in [6.45, 7) is 0. The molecule has 0 spiro atoms. The van der Waals surface area contributed by atoms with Crippen LogP contribution in [0, 0.1) is 0 Å². The van der Waals surface area contributed by atoms with E-state index in [1.807, 2.05) is 28.8 Å². The Morgan fingerprint density at radius 1 is 1.26 bits per heavy atom. The van der Waals surface area contributed by atoms with Crippen LogP contribution in [0.4, 0.5) is 5.69 Å². The predicted octanol–water partition coefficient (Wildman–Crippen LogP) is -1.68. The van der Waals surface area contributed by atoms with Gasteiger partial charge in [0.1, 0.15) is 11.7 Å². The highest BCUT2D eigenvalue weighted by Gasteiger charge is 2.49. The summed E-state index contributed by atoms with van der Waals surface area (Å²) in [5.41, 5.74) is 6.98. The standard InChI is InChI=1S/C11H11BrN2O2S2.BrH/c12-7-1-3-8(4-2-7)14-9-5-18(15,16)6-10(9)17-11(14)13;/h1-4,9-10,13H,5-6H2;1H/t9-,10+;/m0./s1. The van der Waals surface area contributed by atoms with Crippen LogP contribution >= 0.6 is 27.7 Å². The molecule has 2 atom stereocenters. The second-order valence-electron chi connectivity index (χ2n) is 4.49. The van der Waals surface area contributed by atoms with E-state index in [4.69, 9.17) is 5.73 Å². The van der Waals surface area contributed by atoms with Crippen molar-refractivity contribution in [3.05, 3.63) is 28.7 Å². The lowest BCUT2D eigenvalue weighted by atomic mass is 10.2. The minimum absolute atomic E-state index is 0. The molecule has 3 rings (SSSR count). The number of sulfone groups is 1. The molecule has 4 nitrogen and oxygen atoms in total. The molecule has 2 aliphatic rings. The van der Waals surface area contributed by atoms with E-state index >= 15 is 0 Å². The maximum atomic E-state index is 11.7. The number of benzene rings is 1. The van der Waals surface area contributed by atoms with Crippen LogP contribution in [-0.4, -0.2) is 41.0 Å². The molecular weight excluding hydrogens is 416 g/mol. The first-order valence-corrected chi connectivity index (χ1v) is 9.00. The lowest BCUT2D eigenvalue weighted by Gasteiger charge is -2.10. The number of halogens is 2. The number of nitrogens with zero attached hydrogens (tertiary/aromatic N) is 1. The second kappa shape index (κ2) is 5.38. The van der Waals surface area contributed by atoms with Gasteiger partial charge in [0.05, 0.1) is 16.8 Å². The van der Waals surface area contributed by atoms with Gasteiger partial charge in [-0.05, 0) is 36.0 Å². The first kappa shape index (κ1) is 15.3. The molecule has 0 saturated carbocycles. The molecule has 0 aromatic heterocycles. The van der Waals surface area contributed by atoms with E-state index in [1.165, 1.54) is 11.8 Å². The molecule has 1 aromatic rings. The van der Waals surface area contributed by atoms with Crippen LogP contribution in [0.3, 0.4) is 0 Å². The predicted molar refractivity (Wildman–Crippen MR) is 77.1 cm³/mol. The number of thioether (sulfide) groups is 1. The van der Waals surface area contributed by atoms with Crippen LogP contribution in [0.1, 0.15) is 0 Å². The first-order chi connectivity index (χ1) is 8.46. The number of nitrogens with two attached hydrogens (primary N) is 1. The third-order valence-electron chi connectivity index (χ3n) is 3.22. The van der Waals surface area contributed by atoms with E-state index in [1.54, 1.807) is 0 Å². The third-order valence-corrected chi connectivity index (χ3v) is 6.90. The van der Waals surface area contributed by atoms with Crippen molar-refractivity contribution in [1.29, 1.82) is 0 Å². The van der Waals surface area contributed by atoms with E-state index in [-0.39, 0.29) is 39.8 Å². The van der Waals surface area contributed by atoms with E-state index in [2.05, 4.69) is 15.9 Å². The van der Waals surface area contributed by atoms with Crippen molar-refractivity contribution >= 4 is 48.4 Å². The number of hydrogen-bond donors (Lipinski definition) is 1. The molecule has 104 valence electrons. The van der Waals surface area contributed by atoms with Crippen molar-refractivity contribution < 1.29 is 30.0 Å². The van der Waals surface area contributed by atoms with Crippen LogP contribution in [0.5, 0.6) is 0 Å². The minimum atomic E-state index is -2.92. The summed E-state index contributed by atoms with van der Waals surface area (Å²) in [6, 6.07) is 7.74. The van der Waals surface area contributed by atoms with Crippen molar-refractivity contribution in [3.8, 4) is 0 Å². The fraction of sp³-hybridized carbons (Fsp3) is 0.364. The molecule has 0 amide bonds. The summed E-state index contributed by atoms with van der Waals surface area (Å²) in [5, 5.41) is 0.765. The fourth-order valence-electron chi connectivity index (χ4n) is 2.45. The summed E-state index contributed by atoms with van der Waals surface area (Å²) < 4.78 is 26.3. The Kier molecular flexibility index (Phi) is 4.35. The van der Waals surface area contributed by atoms with Gasteiger partial charge in [-0.3, -0.25) is 5.73 Å². The SMILES string of the molecule is NC1=[N+](c2ccc(Br)cc2)[C@H]2CS(=O)(=O)C[C@H]2S1.[Br-]. The van der Waals surface area contributed by atoms with Gasteiger partial charge in [-0.25, -0.2) is 13.0 Å². The Balaban J connectivity index is 0.00000133. The molecule has 8 heteroatoms. The zero-order chi connectivity index (χ0) is 12.9. The molecule has 19 heavy (non-hydrogen) atoms. The molecule has 0 unspecified atom stereocenters.